The SMILES string of the molecule is Cc1nnc(NC(=O)[C@H](C)Sc2nc3c(c(=O)[nH]2)CCCC3)s1. The van der Waals surface area contributed by atoms with Crippen molar-refractivity contribution in [3.8, 4) is 0 Å². The zero-order valence-electron chi connectivity index (χ0n) is 12.9. The highest BCUT2D eigenvalue weighted by atomic mass is 32.2. The van der Waals surface area contributed by atoms with E-state index in [-0.39, 0.29) is 11.5 Å². The Morgan fingerprint density at radius 1 is 1.35 bits per heavy atom. The maximum atomic E-state index is 12.2. The van der Waals surface area contributed by atoms with Gasteiger partial charge in [0.05, 0.1) is 10.9 Å². The Morgan fingerprint density at radius 3 is 2.87 bits per heavy atom. The summed E-state index contributed by atoms with van der Waals surface area (Å²) in [6.07, 6.45) is 3.71. The van der Waals surface area contributed by atoms with Crippen molar-refractivity contribution in [2.24, 2.45) is 0 Å². The Hall–Kier alpha value is -1.74. The molecule has 2 aromatic heterocycles. The molecule has 1 atom stereocenters. The summed E-state index contributed by atoms with van der Waals surface area (Å²) in [6, 6.07) is 0. The van der Waals surface area contributed by atoms with E-state index in [1.54, 1.807) is 6.92 Å². The molecular weight excluding hydrogens is 334 g/mol. The molecule has 2 aromatic rings. The molecule has 1 aliphatic rings. The first-order valence-corrected chi connectivity index (χ1v) is 9.12. The second-order valence-corrected chi connectivity index (χ2v) is 7.89. The molecule has 0 saturated heterocycles. The molecule has 0 unspecified atom stereocenters. The Kier molecular flexibility index (Phi) is 4.76. The number of carbonyl (C=O) groups is 1. The van der Waals surface area contributed by atoms with E-state index >= 15 is 0 Å². The number of amides is 1. The first-order valence-electron chi connectivity index (χ1n) is 7.42. The quantitative estimate of drug-likeness (QED) is 0.645. The van der Waals surface area contributed by atoms with Crippen molar-refractivity contribution < 1.29 is 4.79 Å². The van der Waals surface area contributed by atoms with Crippen molar-refractivity contribution in [2.75, 3.05) is 5.32 Å². The third kappa shape index (κ3) is 3.78. The molecule has 0 aromatic carbocycles. The molecule has 0 saturated carbocycles. The van der Waals surface area contributed by atoms with Crippen LogP contribution in [0.1, 0.15) is 36.0 Å². The van der Waals surface area contributed by atoms with Gasteiger partial charge in [-0.15, -0.1) is 10.2 Å². The summed E-state index contributed by atoms with van der Waals surface area (Å²) in [5.74, 6) is -0.188. The van der Waals surface area contributed by atoms with Crippen molar-refractivity contribution >= 4 is 34.1 Å². The third-order valence-corrected chi connectivity index (χ3v) is 5.32. The number of hydrogen-bond acceptors (Lipinski definition) is 7. The van der Waals surface area contributed by atoms with Crippen LogP contribution in [0.25, 0.3) is 0 Å². The minimum absolute atomic E-state index is 0.0791. The number of fused-ring (bicyclic) bond motifs is 1. The van der Waals surface area contributed by atoms with E-state index in [1.807, 2.05) is 6.92 Å². The molecule has 3 rings (SSSR count). The summed E-state index contributed by atoms with van der Waals surface area (Å²) in [4.78, 5) is 31.6. The predicted molar refractivity (Wildman–Crippen MR) is 90.1 cm³/mol. The molecular formula is C14H17N5O2S2. The summed E-state index contributed by atoms with van der Waals surface area (Å²) in [6.45, 7) is 3.60. The lowest BCUT2D eigenvalue weighted by atomic mass is 9.97. The average molecular weight is 351 g/mol. The van der Waals surface area contributed by atoms with Crippen molar-refractivity contribution in [2.45, 2.75) is 49.9 Å². The number of nitrogens with zero attached hydrogens (tertiary/aromatic N) is 3. The van der Waals surface area contributed by atoms with Crippen LogP contribution in [-0.2, 0) is 17.6 Å². The maximum absolute atomic E-state index is 12.2. The highest BCUT2D eigenvalue weighted by Gasteiger charge is 2.20. The second kappa shape index (κ2) is 6.79. The van der Waals surface area contributed by atoms with E-state index in [4.69, 9.17) is 0 Å². The van der Waals surface area contributed by atoms with Crippen LogP contribution in [0.5, 0.6) is 0 Å². The third-order valence-electron chi connectivity index (χ3n) is 3.58. The molecule has 0 radical (unpaired) electrons. The van der Waals surface area contributed by atoms with E-state index in [0.717, 1.165) is 41.9 Å². The standard InChI is InChI=1S/C14H17N5O2S2/c1-7(11(20)16-14-19-18-8(2)23-14)22-13-15-10-6-4-3-5-9(10)12(21)17-13/h7H,3-6H2,1-2H3,(H,15,17,21)(H,16,19,20)/t7-/m0/s1. The van der Waals surface area contributed by atoms with Gasteiger partial charge in [-0.3, -0.25) is 14.9 Å². The van der Waals surface area contributed by atoms with Gasteiger partial charge in [-0.05, 0) is 39.5 Å². The van der Waals surface area contributed by atoms with E-state index in [1.165, 1.54) is 23.1 Å². The Labute approximate surface area is 141 Å². The lowest BCUT2D eigenvalue weighted by Gasteiger charge is -2.15. The summed E-state index contributed by atoms with van der Waals surface area (Å²) >= 11 is 2.57. The van der Waals surface area contributed by atoms with Crippen molar-refractivity contribution in [3.05, 3.63) is 26.6 Å². The number of aromatic amines is 1. The lowest BCUT2D eigenvalue weighted by molar-refractivity contribution is -0.115. The van der Waals surface area contributed by atoms with Crippen molar-refractivity contribution in [1.82, 2.24) is 20.2 Å². The largest absolute Gasteiger partial charge is 0.301 e. The Morgan fingerprint density at radius 2 is 2.13 bits per heavy atom. The summed E-state index contributed by atoms with van der Waals surface area (Å²) in [7, 11) is 0. The van der Waals surface area contributed by atoms with Crippen molar-refractivity contribution in [3.63, 3.8) is 0 Å². The number of H-pyrrole nitrogens is 1. The van der Waals surface area contributed by atoms with Crippen LogP contribution < -0.4 is 10.9 Å². The number of nitrogens with one attached hydrogen (secondary N) is 2. The zero-order valence-corrected chi connectivity index (χ0v) is 14.5. The number of hydrogen-bond donors (Lipinski definition) is 2. The number of aromatic nitrogens is 4. The molecule has 2 heterocycles. The van der Waals surface area contributed by atoms with Gasteiger partial charge in [0.2, 0.25) is 11.0 Å². The molecule has 122 valence electrons. The van der Waals surface area contributed by atoms with Crippen LogP contribution in [0.4, 0.5) is 5.13 Å². The van der Waals surface area contributed by atoms with Gasteiger partial charge in [0.1, 0.15) is 5.01 Å². The normalized spacial score (nSPS) is 15.0. The molecule has 23 heavy (non-hydrogen) atoms. The van der Waals surface area contributed by atoms with Crippen molar-refractivity contribution in [1.29, 1.82) is 0 Å². The maximum Gasteiger partial charge on any atom is 0.254 e. The second-order valence-electron chi connectivity index (χ2n) is 5.38. The van der Waals surface area contributed by atoms with E-state index in [0.29, 0.717) is 10.3 Å². The minimum Gasteiger partial charge on any atom is -0.301 e. The summed E-state index contributed by atoms with van der Waals surface area (Å²) in [5, 5.41) is 11.8. The fourth-order valence-electron chi connectivity index (χ4n) is 2.41. The van der Waals surface area contributed by atoms with Crippen LogP contribution in [0.2, 0.25) is 0 Å². The number of carbonyl (C=O) groups excluding carboxylic acids is 1. The van der Waals surface area contributed by atoms with Gasteiger partial charge in [0, 0.05) is 5.56 Å². The van der Waals surface area contributed by atoms with Crippen LogP contribution in [-0.4, -0.2) is 31.3 Å². The van der Waals surface area contributed by atoms with Gasteiger partial charge in [0.15, 0.2) is 5.16 Å². The highest BCUT2D eigenvalue weighted by molar-refractivity contribution is 8.00. The highest BCUT2D eigenvalue weighted by Crippen LogP contribution is 2.23. The first kappa shape index (κ1) is 16.1. The molecule has 2 N–H and O–H groups in total. The molecule has 7 nitrogen and oxygen atoms in total. The lowest BCUT2D eigenvalue weighted by Crippen LogP contribution is -2.25. The molecule has 0 bridgehead atoms. The van der Waals surface area contributed by atoms with Gasteiger partial charge in [-0.25, -0.2) is 4.98 Å². The van der Waals surface area contributed by atoms with Gasteiger partial charge >= 0.3 is 0 Å². The van der Waals surface area contributed by atoms with Gasteiger partial charge in [-0.2, -0.15) is 0 Å². The minimum atomic E-state index is -0.399. The monoisotopic (exact) mass is 351 g/mol. The number of thioether (sulfide) groups is 1. The van der Waals surface area contributed by atoms with E-state index < -0.39 is 5.25 Å². The smallest absolute Gasteiger partial charge is 0.254 e. The predicted octanol–water partition coefficient (Wildman–Crippen LogP) is 1.93. The number of aryl methyl sites for hydroxylation is 2. The Balaban J connectivity index is 1.70. The van der Waals surface area contributed by atoms with Gasteiger partial charge in [-0.1, -0.05) is 23.1 Å². The topological polar surface area (TPSA) is 101 Å². The molecule has 0 fully saturated rings. The van der Waals surface area contributed by atoms with E-state index in [9.17, 15) is 9.59 Å². The molecule has 0 spiro atoms. The van der Waals surface area contributed by atoms with Crippen LogP contribution >= 0.6 is 23.1 Å². The molecule has 1 aliphatic carbocycles. The van der Waals surface area contributed by atoms with Gasteiger partial charge < -0.3 is 4.98 Å². The molecule has 9 heteroatoms. The summed E-state index contributed by atoms with van der Waals surface area (Å²) in [5.41, 5.74) is 1.58. The molecule has 1 amide bonds. The van der Waals surface area contributed by atoms with Crippen LogP contribution in [0.15, 0.2) is 9.95 Å². The fourth-order valence-corrected chi connectivity index (χ4v) is 3.82. The fraction of sp³-hybridized carbons (Fsp3) is 0.500. The van der Waals surface area contributed by atoms with Gasteiger partial charge in [0.25, 0.3) is 5.56 Å². The van der Waals surface area contributed by atoms with Crippen LogP contribution in [0.3, 0.4) is 0 Å². The van der Waals surface area contributed by atoms with E-state index in [2.05, 4.69) is 25.5 Å². The average Bonchev–Trinajstić information content (AvgIpc) is 2.92. The van der Waals surface area contributed by atoms with Crippen LogP contribution in [0, 0.1) is 6.92 Å². The number of anilines is 1. The molecule has 0 aliphatic heterocycles. The Bertz CT molecular complexity index is 786. The first-order chi connectivity index (χ1) is 11.0. The zero-order chi connectivity index (χ0) is 16.4. The number of rotatable bonds is 4. The summed E-state index contributed by atoms with van der Waals surface area (Å²) < 4.78 is 0.